The van der Waals surface area contributed by atoms with E-state index >= 15 is 0 Å². The summed E-state index contributed by atoms with van der Waals surface area (Å²) in [6, 6.07) is 36.3. The molecule has 0 amide bonds. The summed E-state index contributed by atoms with van der Waals surface area (Å²) in [6.45, 7) is 0. The molecule has 156 valence electrons. The minimum Gasteiger partial charge on any atom is -0.456 e. The molecular weight excluding hydrogens is 444 g/mol. The third kappa shape index (κ3) is 2.99. The molecule has 33 heavy (non-hydrogen) atoms. The van der Waals surface area contributed by atoms with Crippen LogP contribution in [0.1, 0.15) is 0 Å². The SMILES string of the molecule is Clc1ccc2c(c1)sc1cc(-c3ccccc3-c3ccc4oc5ccccc5c4c3)ccc12. The van der Waals surface area contributed by atoms with E-state index in [9.17, 15) is 0 Å². The molecule has 0 aliphatic heterocycles. The molecule has 0 spiro atoms. The Morgan fingerprint density at radius 3 is 2.00 bits per heavy atom. The molecule has 0 aliphatic carbocycles. The average Bonchev–Trinajstić information content (AvgIpc) is 3.40. The lowest BCUT2D eigenvalue weighted by Gasteiger charge is -2.11. The Bertz CT molecular complexity index is 1840. The van der Waals surface area contributed by atoms with Crippen LogP contribution in [-0.2, 0) is 0 Å². The first kappa shape index (κ1) is 18.9. The van der Waals surface area contributed by atoms with Gasteiger partial charge in [0.25, 0.3) is 0 Å². The van der Waals surface area contributed by atoms with Crippen molar-refractivity contribution in [3.8, 4) is 22.3 Å². The third-order valence-corrected chi connectivity index (χ3v) is 7.71. The summed E-state index contributed by atoms with van der Waals surface area (Å²) in [5, 5.41) is 5.62. The van der Waals surface area contributed by atoms with E-state index in [1.54, 1.807) is 11.3 Å². The van der Waals surface area contributed by atoms with Gasteiger partial charge in [0.05, 0.1) is 0 Å². The number of fused-ring (bicyclic) bond motifs is 6. The Kier molecular flexibility index (Phi) is 4.14. The first-order chi connectivity index (χ1) is 16.2. The van der Waals surface area contributed by atoms with Crippen LogP contribution in [0.25, 0.3) is 64.4 Å². The molecule has 0 N–H and O–H groups in total. The molecule has 0 fully saturated rings. The van der Waals surface area contributed by atoms with Gasteiger partial charge >= 0.3 is 0 Å². The summed E-state index contributed by atoms with van der Waals surface area (Å²) in [5.41, 5.74) is 6.69. The van der Waals surface area contributed by atoms with Crippen LogP contribution < -0.4 is 0 Å². The minimum atomic E-state index is 0.779. The zero-order chi connectivity index (χ0) is 21.9. The Morgan fingerprint density at radius 1 is 0.515 bits per heavy atom. The van der Waals surface area contributed by atoms with Gasteiger partial charge < -0.3 is 4.42 Å². The zero-order valence-corrected chi connectivity index (χ0v) is 19.1. The lowest BCUT2D eigenvalue weighted by molar-refractivity contribution is 0.669. The van der Waals surface area contributed by atoms with Crippen molar-refractivity contribution in [2.45, 2.75) is 0 Å². The number of furan rings is 1. The summed E-state index contributed by atoms with van der Waals surface area (Å²) >= 11 is 8.03. The first-order valence-corrected chi connectivity index (χ1v) is 12.1. The van der Waals surface area contributed by atoms with Crippen molar-refractivity contribution in [2.75, 3.05) is 0 Å². The largest absolute Gasteiger partial charge is 0.456 e. The standard InChI is InChI=1S/C30H17ClOS/c31-20-11-13-25-24-12-9-19(16-29(24)33-30(25)17-20)22-6-2-1-5-21(22)18-10-14-28-26(15-18)23-7-3-4-8-27(23)32-28/h1-17H. The minimum absolute atomic E-state index is 0.779. The van der Waals surface area contributed by atoms with Crippen LogP contribution in [0.4, 0.5) is 0 Å². The average molecular weight is 461 g/mol. The van der Waals surface area contributed by atoms with Crippen LogP contribution in [0.15, 0.2) is 108 Å². The summed E-state index contributed by atoms with van der Waals surface area (Å²) in [6.07, 6.45) is 0. The highest BCUT2D eigenvalue weighted by Crippen LogP contribution is 2.40. The highest BCUT2D eigenvalue weighted by atomic mass is 35.5. The van der Waals surface area contributed by atoms with E-state index in [1.165, 1.54) is 42.4 Å². The van der Waals surface area contributed by atoms with Crippen molar-refractivity contribution in [3.05, 3.63) is 108 Å². The second-order valence-electron chi connectivity index (χ2n) is 8.31. The molecule has 7 rings (SSSR count). The maximum Gasteiger partial charge on any atom is 0.135 e. The quantitative estimate of drug-likeness (QED) is 0.250. The van der Waals surface area contributed by atoms with E-state index in [2.05, 4.69) is 84.9 Å². The van der Waals surface area contributed by atoms with Crippen LogP contribution in [0, 0.1) is 0 Å². The van der Waals surface area contributed by atoms with E-state index in [0.29, 0.717) is 0 Å². The fraction of sp³-hybridized carbons (Fsp3) is 0. The number of thiophene rings is 1. The predicted octanol–water partition coefficient (Wildman–Crippen LogP) is 9.94. The second-order valence-corrected chi connectivity index (χ2v) is 9.83. The summed E-state index contributed by atoms with van der Waals surface area (Å²) in [5.74, 6) is 0. The number of halogens is 1. The molecule has 0 radical (unpaired) electrons. The molecule has 2 heterocycles. The second kappa shape index (κ2) is 7.21. The Morgan fingerprint density at radius 2 is 1.15 bits per heavy atom. The third-order valence-electron chi connectivity index (χ3n) is 6.36. The van der Waals surface area contributed by atoms with Gasteiger partial charge in [-0.1, -0.05) is 78.3 Å². The lowest BCUT2D eigenvalue weighted by Crippen LogP contribution is -1.85. The smallest absolute Gasteiger partial charge is 0.135 e. The zero-order valence-electron chi connectivity index (χ0n) is 17.5. The van der Waals surface area contributed by atoms with Crippen molar-refractivity contribution < 1.29 is 4.42 Å². The number of rotatable bonds is 2. The predicted molar refractivity (Wildman–Crippen MR) is 142 cm³/mol. The summed E-state index contributed by atoms with van der Waals surface area (Å²) in [4.78, 5) is 0. The van der Waals surface area contributed by atoms with Crippen LogP contribution in [0.2, 0.25) is 5.02 Å². The van der Waals surface area contributed by atoms with Crippen LogP contribution >= 0.6 is 22.9 Å². The Labute approximate surface area is 199 Å². The molecule has 0 bridgehead atoms. The molecule has 0 saturated carbocycles. The number of benzene rings is 5. The Hall–Kier alpha value is -3.59. The molecule has 3 heteroatoms. The van der Waals surface area contributed by atoms with Gasteiger partial charge in [0, 0.05) is 36.0 Å². The fourth-order valence-electron chi connectivity index (χ4n) is 4.80. The summed E-state index contributed by atoms with van der Waals surface area (Å²) < 4.78 is 8.53. The maximum atomic E-state index is 6.23. The van der Waals surface area contributed by atoms with Crippen LogP contribution in [-0.4, -0.2) is 0 Å². The van der Waals surface area contributed by atoms with Crippen molar-refractivity contribution in [2.24, 2.45) is 0 Å². The highest BCUT2D eigenvalue weighted by molar-refractivity contribution is 7.25. The topological polar surface area (TPSA) is 13.1 Å². The van der Waals surface area contributed by atoms with Gasteiger partial charge in [0.2, 0.25) is 0 Å². The highest BCUT2D eigenvalue weighted by Gasteiger charge is 2.13. The van der Waals surface area contributed by atoms with Gasteiger partial charge in [-0.05, 0) is 58.7 Å². The van der Waals surface area contributed by atoms with Gasteiger partial charge in [-0.3, -0.25) is 0 Å². The fourth-order valence-corrected chi connectivity index (χ4v) is 6.22. The van der Waals surface area contributed by atoms with Crippen LogP contribution in [0.3, 0.4) is 0 Å². The number of hydrogen-bond donors (Lipinski definition) is 0. The normalized spacial score (nSPS) is 11.8. The first-order valence-electron chi connectivity index (χ1n) is 10.9. The molecule has 7 aromatic rings. The van der Waals surface area contributed by atoms with Gasteiger partial charge in [-0.25, -0.2) is 0 Å². The number of para-hydroxylation sites is 1. The van der Waals surface area contributed by atoms with Crippen molar-refractivity contribution in [1.29, 1.82) is 0 Å². The molecule has 0 unspecified atom stereocenters. The maximum absolute atomic E-state index is 6.23. The Balaban J connectivity index is 1.42. The van der Waals surface area contributed by atoms with E-state index < -0.39 is 0 Å². The molecular formula is C30H17ClOS. The van der Waals surface area contributed by atoms with Gasteiger partial charge in [-0.2, -0.15) is 0 Å². The van der Waals surface area contributed by atoms with Gasteiger partial charge in [0.15, 0.2) is 0 Å². The molecule has 1 nitrogen and oxygen atoms in total. The van der Waals surface area contributed by atoms with Crippen molar-refractivity contribution in [1.82, 2.24) is 0 Å². The molecule has 0 atom stereocenters. The molecule has 5 aromatic carbocycles. The van der Waals surface area contributed by atoms with Gasteiger partial charge in [-0.15, -0.1) is 11.3 Å². The number of hydrogen-bond acceptors (Lipinski definition) is 2. The van der Waals surface area contributed by atoms with E-state index in [0.717, 1.165) is 27.0 Å². The van der Waals surface area contributed by atoms with E-state index in [4.69, 9.17) is 16.0 Å². The van der Waals surface area contributed by atoms with Gasteiger partial charge in [0.1, 0.15) is 11.2 Å². The van der Waals surface area contributed by atoms with E-state index in [-0.39, 0.29) is 0 Å². The van der Waals surface area contributed by atoms with E-state index in [1.807, 2.05) is 18.2 Å². The molecule has 2 aromatic heterocycles. The molecule has 0 saturated heterocycles. The summed E-state index contributed by atoms with van der Waals surface area (Å²) in [7, 11) is 0. The monoisotopic (exact) mass is 460 g/mol. The molecule has 0 aliphatic rings. The van der Waals surface area contributed by atoms with Crippen molar-refractivity contribution in [3.63, 3.8) is 0 Å². The van der Waals surface area contributed by atoms with Crippen molar-refractivity contribution >= 4 is 65.0 Å². The lowest BCUT2D eigenvalue weighted by atomic mass is 9.93. The van der Waals surface area contributed by atoms with Crippen LogP contribution in [0.5, 0.6) is 0 Å².